The lowest BCUT2D eigenvalue weighted by atomic mass is 10.1. The van der Waals surface area contributed by atoms with Crippen LogP contribution in [0.4, 0.5) is 5.13 Å². The monoisotopic (exact) mass is 311 g/mol. The van der Waals surface area contributed by atoms with Crippen LogP contribution in [0.2, 0.25) is 0 Å². The molecule has 1 heterocycles. The van der Waals surface area contributed by atoms with Gasteiger partial charge >= 0.3 is 0 Å². The van der Waals surface area contributed by atoms with Crippen molar-refractivity contribution in [2.24, 2.45) is 5.73 Å². The van der Waals surface area contributed by atoms with E-state index in [1.54, 1.807) is 0 Å². The van der Waals surface area contributed by atoms with E-state index in [-0.39, 0.29) is 18.3 Å². The molecule has 3 N–H and O–H groups in total. The number of carbonyl (C=O) groups is 1. The number of thiazole rings is 1. The van der Waals surface area contributed by atoms with Gasteiger partial charge in [0, 0.05) is 4.88 Å². The SMILES string of the molecule is Cc1nc(NC(=O)C(N)Cc2ccccc2)sc1C.Cl. The van der Waals surface area contributed by atoms with Gasteiger partial charge in [0.05, 0.1) is 11.7 Å². The Kier molecular flexibility index (Phi) is 6.13. The Hall–Kier alpha value is -1.43. The molecule has 108 valence electrons. The van der Waals surface area contributed by atoms with E-state index in [2.05, 4.69) is 10.3 Å². The summed E-state index contributed by atoms with van der Waals surface area (Å²) in [5, 5.41) is 3.38. The Morgan fingerprint density at radius 2 is 2.00 bits per heavy atom. The smallest absolute Gasteiger partial charge is 0.243 e. The molecule has 20 heavy (non-hydrogen) atoms. The first kappa shape index (κ1) is 16.6. The summed E-state index contributed by atoms with van der Waals surface area (Å²) < 4.78 is 0. The van der Waals surface area contributed by atoms with Crippen molar-refractivity contribution in [2.75, 3.05) is 5.32 Å². The Labute approximate surface area is 128 Å². The number of nitrogens with two attached hydrogens (primary N) is 1. The lowest BCUT2D eigenvalue weighted by Crippen LogP contribution is -2.37. The number of benzene rings is 1. The number of hydrogen-bond acceptors (Lipinski definition) is 4. The number of halogens is 1. The second-order valence-corrected chi connectivity index (χ2v) is 5.65. The standard InChI is InChI=1S/C14H17N3OS.ClH/c1-9-10(2)19-14(16-9)17-13(18)12(15)8-11-6-4-3-5-7-11;/h3-7,12H,8,15H2,1-2H3,(H,16,17,18);1H. The van der Waals surface area contributed by atoms with E-state index in [0.29, 0.717) is 11.6 Å². The summed E-state index contributed by atoms with van der Waals surface area (Å²) >= 11 is 1.47. The fraction of sp³-hybridized carbons (Fsp3) is 0.286. The number of anilines is 1. The van der Waals surface area contributed by atoms with Crippen molar-refractivity contribution in [1.29, 1.82) is 0 Å². The van der Waals surface area contributed by atoms with Crippen LogP contribution in [-0.2, 0) is 11.2 Å². The van der Waals surface area contributed by atoms with Crippen LogP contribution in [0.1, 0.15) is 16.1 Å². The van der Waals surface area contributed by atoms with Gasteiger partial charge in [-0.05, 0) is 25.8 Å². The van der Waals surface area contributed by atoms with Gasteiger partial charge in [-0.1, -0.05) is 30.3 Å². The lowest BCUT2D eigenvalue weighted by molar-refractivity contribution is -0.117. The highest BCUT2D eigenvalue weighted by atomic mass is 35.5. The maximum Gasteiger partial charge on any atom is 0.243 e. The first-order chi connectivity index (χ1) is 9.06. The van der Waals surface area contributed by atoms with E-state index >= 15 is 0 Å². The molecule has 0 saturated carbocycles. The first-order valence-electron chi connectivity index (χ1n) is 6.10. The molecule has 0 fully saturated rings. The van der Waals surface area contributed by atoms with Crippen LogP contribution in [-0.4, -0.2) is 16.9 Å². The maximum atomic E-state index is 12.0. The molecule has 2 aromatic rings. The third kappa shape index (κ3) is 4.30. The summed E-state index contributed by atoms with van der Waals surface area (Å²) in [6, 6.07) is 9.18. The van der Waals surface area contributed by atoms with E-state index in [9.17, 15) is 4.79 Å². The molecule has 1 amide bonds. The molecule has 0 bridgehead atoms. The molecule has 0 radical (unpaired) electrons. The van der Waals surface area contributed by atoms with Crippen molar-refractivity contribution in [3.8, 4) is 0 Å². The molecule has 6 heteroatoms. The highest BCUT2D eigenvalue weighted by Gasteiger charge is 2.16. The maximum absolute atomic E-state index is 12.0. The highest BCUT2D eigenvalue weighted by Crippen LogP contribution is 2.21. The van der Waals surface area contributed by atoms with Crippen LogP contribution in [0.15, 0.2) is 30.3 Å². The molecule has 0 aliphatic carbocycles. The van der Waals surface area contributed by atoms with Gasteiger partial charge in [-0.2, -0.15) is 0 Å². The van der Waals surface area contributed by atoms with E-state index in [1.165, 1.54) is 11.3 Å². The van der Waals surface area contributed by atoms with Crippen molar-refractivity contribution in [3.63, 3.8) is 0 Å². The number of hydrogen-bond donors (Lipinski definition) is 2. The fourth-order valence-corrected chi connectivity index (χ4v) is 2.50. The molecule has 0 spiro atoms. The zero-order valence-corrected chi connectivity index (χ0v) is 13.1. The third-order valence-electron chi connectivity index (χ3n) is 2.89. The highest BCUT2D eigenvalue weighted by molar-refractivity contribution is 7.15. The average Bonchev–Trinajstić information content (AvgIpc) is 2.69. The van der Waals surface area contributed by atoms with Crippen molar-refractivity contribution in [1.82, 2.24) is 4.98 Å². The third-order valence-corrected chi connectivity index (χ3v) is 3.88. The Morgan fingerprint density at radius 3 is 2.55 bits per heavy atom. The summed E-state index contributed by atoms with van der Waals surface area (Å²) in [5.74, 6) is -0.197. The van der Waals surface area contributed by atoms with Crippen molar-refractivity contribution >= 4 is 34.8 Å². The van der Waals surface area contributed by atoms with Gasteiger partial charge in [0.1, 0.15) is 0 Å². The molecule has 1 aromatic carbocycles. The number of rotatable bonds is 4. The second-order valence-electron chi connectivity index (χ2n) is 4.45. The van der Waals surface area contributed by atoms with Crippen LogP contribution in [0.5, 0.6) is 0 Å². The number of nitrogens with zero attached hydrogens (tertiary/aromatic N) is 1. The van der Waals surface area contributed by atoms with E-state index in [0.717, 1.165) is 16.1 Å². The Morgan fingerprint density at radius 1 is 1.35 bits per heavy atom. The van der Waals surface area contributed by atoms with Gasteiger partial charge in [-0.25, -0.2) is 4.98 Å². The van der Waals surface area contributed by atoms with Gasteiger partial charge in [0.15, 0.2) is 5.13 Å². The van der Waals surface area contributed by atoms with Crippen molar-refractivity contribution < 1.29 is 4.79 Å². The van der Waals surface area contributed by atoms with Gasteiger partial charge in [0.2, 0.25) is 5.91 Å². The number of amides is 1. The van der Waals surface area contributed by atoms with Crippen LogP contribution < -0.4 is 11.1 Å². The predicted octanol–water partition coefficient (Wildman–Crippen LogP) is 2.69. The molecular weight excluding hydrogens is 294 g/mol. The van der Waals surface area contributed by atoms with Gasteiger partial charge in [0.25, 0.3) is 0 Å². The minimum absolute atomic E-state index is 0. The van der Waals surface area contributed by atoms with Crippen LogP contribution in [0, 0.1) is 13.8 Å². The lowest BCUT2D eigenvalue weighted by Gasteiger charge is -2.10. The van der Waals surface area contributed by atoms with Crippen LogP contribution in [0.3, 0.4) is 0 Å². The first-order valence-corrected chi connectivity index (χ1v) is 6.92. The zero-order chi connectivity index (χ0) is 13.8. The normalized spacial score (nSPS) is 11.6. The molecule has 1 atom stereocenters. The molecule has 0 aliphatic rings. The van der Waals surface area contributed by atoms with E-state index < -0.39 is 6.04 Å². The zero-order valence-electron chi connectivity index (χ0n) is 11.4. The van der Waals surface area contributed by atoms with Crippen LogP contribution >= 0.6 is 23.7 Å². The topological polar surface area (TPSA) is 68.0 Å². The van der Waals surface area contributed by atoms with E-state index in [4.69, 9.17) is 5.73 Å². The molecule has 1 aromatic heterocycles. The van der Waals surface area contributed by atoms with Crippen molar-refractivity contribution in [2.45, 2.75) is 26.3 Å². The molecule has 2 rings (SSSR count). The van der Waals surface area contributed by atoms with Gasteiger partial charge < -0.3 is 11.1 Å². The summed E-state index contributed by atoms with van der Waals surface area (Å²) in [4.78, 5) is 17.3. The quantitative estimate of drug-likeness (QED) is 0.912. The second kappa shape index (κ2) is 7.38. The average molecular weight is 312 g/mol. The number of aromatic nitrogens is 1. The minimum Gasteiger partial charge on any atom is -0.320 e. The van der Waals surface area contributed by atoms with Crippen LogP contribution in [0.25, 0.3) is 0 Å². The number of nitrogens with one attached hydrogen (secondary N) is 1. The predicted molar refractivity (Wildman–Crippen MR) is 85.6 cm³/mol. The Balaban J connectivity index is 0.00000200. The largest absolute Gasteiger partial charge is 0.320 e. The number of carbonyl (C=O) groups excluding carboxylic acids is 1. The molecule has 1 unspecified atom stereocenters. The summed E-state index contributed by atoms with van der Waals surface area (Å²) in [5.41, 5.74) is 7.90. The van der Waals surface area contributed by atoms with Gasteiger partial charge in [-0.3, -0.25) is 4.79 Å². The van der Waals surface area contributed by atoms with Crippen molar-refractivity contribution in [3.05, 3.63) is 46.5 Å². The molecule has 0 saturated heterocycles. The van der Waals surface area contributed by atoms with E-state index in [1.807, 2.05) is 44.2 Å². The summed E-state index contributed by atoms with van der Waals surface area (Å²) in [6.45, 7) is 3.90. The minimum atomic E-state index is -0.563. The molecule has 4 nitrogen and oxygen atoms in total. The summed E-state index contributed by atoms with van der Waals surface area (Å²) in [6.07, 6.45) is 0.524. The van der Waals surface area contributed by atoms with Gasteiger partial charge in [-0.15, -0.1) is 23.7 Å². The fourth-order valence-electron chi connectivity index (χ4n) is 1.69. The summed E-state index contributed by atoms with van der Waals surface area (Å²) in [7, 11) is 0. The molecular formula is C14H18ClN3OS. The Bertz CT molecular complexity index is 552. The molecule has 0 aliphatic heterocycles. The number of aryl methyl sites for hydroxylation is 2.